The van der Waals surface area contributed by atoms with Gasteiger partial charge in [-0.3, -0.25) is 0 Å². The van der Waals surface area contributed by atoms with Gasteiger partial charge in [0.25, 0.3) is 0 Å². The van der Waals surface area contributed by atoms with Crippen molar-refractivity contribution in [3.8, 4) is 0 Å². The van der Waals surface area contributed by atoms with Crippen LogP contribution in [0.25, 0.3) is 0 Å². The minimum atomic E-state index is -2.04. The standard InChI is InChI=1S/C9H21OPS/c1-8(2)6-11(10,12)7-9(3,4)5/h8H,6-7H2,1-5H3,(H,10,12). The Labute approximate surface area is 81.7 Å². The van der Waals surface area contributed by atoms with Crippen LogP contribution in [0.5, 0.6) is 0 Å². The Hall–Kier alpha value is 0.610. The van der Waals surface area contributed by atoms with E-state index in [9.17, 15) is 4.89 Å². The Morgan fingerprint density at radius 2 is 1.75 bits per heavy atom. The highest BCUT2D eigenvalue weighted by molar-refractivity contribution is 8.11. The van der Waals surface area contributed by atoms with Crippen molar-refractivity contribution in [1.29, 1.82) is 0 Å². The van der Waals surface area contributed by atoms with E-state index in [2.05, 4.69) is 34.6 Å². The Balaban J connectivity index is 4.15. The largest absolute Gasteiger partial charge is 0.365 e. The molecule has 0 heterocycles. The molecule has 1 nitrogen and oxygen atoms in total. The molecule has 0 aromatic rings. The van der Waals surface area contributed by atoms with E-state index in [0.29, 0.717) is 5.92 Å². The monoisotopic (exact) mass is 208 g/mol. The number of rotatable bonds is 3. The second kappa shape index (κ2) is 4.21. The number of hydrogen-bond acceptors (Lipinski definition) is 1. The molecule has 1 atom stereocenters. The highest BCUT2D eigenvalue weighted by atomic mass is 32.4. The molecule has 0 aliphatic heterocycles. The second-order valence-corrected chi connectivity index (χ2v) is 9.55. The summed E-state index contributed by atoms with van der Waals surface area (Å²) in [6.07, 6.45) is -0.419. The molecule has 0 rings (SSSR count). The summed E-state index contributed by atoms with van der Waals surface area (Å²) in [6.45, 7) is 10.6. The van der Waals surface area contributed by atoms with Gasteiger partial charge in [-0.15, -0.1) is 0 Å². The number of hydrogen-bond donors (Lipinski definition) is 1. The molecule has 0 aliphatic rings. The van der Waals surface area contributed by atoms with Crippen LogP contribution in [0.15, 0.2) is 0 Å². The van der Waals surface area contributed by atoms with Crippen molar-refractivity contribution < 1.29 is 4.89 Å². The fraction of sp³-hybridized carbons (Fsp3) is 1.00. The molecule has 0 bridgehead atoms. The zero-order chi connectivity index (χ0) is 9.99. The third-order valence-electron chi connectivity index (χ3n) is 1.37. The summed E-state index contributed by atoms with van der Waals surface area (Å²) in [5.41, 5.74) is 0.166. The average Bonchev–Trinajstić information content (AvgIpc) is 1.48. The summed E-state index contributed by atoms with van der Waals surface area (Å²) >= 11 is 5.23. The molecule has 12 heavy (non-hydrogen) atoms. The van der Waals surface area contributed by atoms with E-state index in [1.165, 1.54) is 0 Å². The molecule has 3 heteroatoms. The van der Waals surface area contributed by atoms with E-state index in [-0.39, 0.29) is 5.41 Å². The lowest BCUT2D eigenvalue weighted by atomic mass is 10.0. The molecule has 0 aromatic carbocycles. The average molecular weight is 208 g/mol. The zero-order valence-electron chi connectivity index (χ0n) is 8.79. The first-order valence-corrected chi connectivity index (χ1v) is 7.56. The first kappa shape index (κ1) is 12.6. The minimum Gasteiger partial charge on any atom is -0.365 e. The van der Waals surface area contributed by atoms with E-state index in [0.717, 1.165) is 12.3 Å². The molecule has 0 radical (unpaired) electrons. The van der Waals surface area contributed by atoms with Gasteiger partial charge in [0, 0.05) is 12.3 Å². The van der Waals surface area contributed by atoms with E-state index in [1.807, 2.05) is 0 Å². The Morgan fingerprint density at radius 1 is 1.33 bits per heavy atom. The van der Waals surface area contributed by atoms with Gasteiger partial charge >= 0.3 is 0 Å². The minimum absolute atomic E-state index is 0.166. The predicted molar refractivity (Wildman–Crippen MR) is 60.5 cm³/mol. The van der Waals surface area contributed by atoms with Crippen molar-refractivity contribution in [3.63, 3.8) is 0 Å². The van der Waals surface area contributed by atoms with Gasteiger partial charge in [0.15, 0.2) is 0 Å². The van der Waals surface area contributed by atoms with Gasteiger partial charge in [-0.2, -0.15) is 0 Å². The highest BCUT2D eigenvalue weighted by Crippen LogP contribution is 2.47. The van der Waals surface area contributed by atoms with E-state index in [1.54, 1.807) is 0 Å². The van der Waals surface area contributed by atoms with Gasteiger partial charge in [-0.05, 0) is 11.3 Å². The molecule has 0 amide bonds. The Kier molecular flexibility index (Phi) is 4.43. The predicted octanol–water partition coefficient (Wildman–Crippen LogP) is 3.08. The van der Waals surface area contributed by atoms with Gasteiger partial charge < -0.3 is 4.89 Å². The third kappa shape index (κ3) is 7.27. The Bertz CT molecular complexity index is 181. The maximum atomic E-state index is 9.95. The summed E-state index contributed by atoms with van der Waals surface area (Å²) in [7, 11) is 0. The van der Waals surface area contributed by atoms with E-state index < -0.39 is 6.26 Å². The first-order chi connectivity index (χ1) is 5.12. The summed E-state index contributed by atoms with van der Waals surface area (Å²) in [5, 5.41) is 0. The lowest BCUT2D eigenvalue weighted by molar-refractivity contribution is 0.458. The zero-order valence-corrected chi connectivity index (χ0v) is 10.5. The molecule has 0 aromatic heterocycles. The fourth-order valence-corrected chi connectivity index (χ4v) is 6.19. The molecular weight excluding hydrogens is 187 g/mol. The van der Waals surface area contributed by atoms with Gasteiger partial charge in [0.1, 0.15) is 0 Å². The van der Waals surface area contributed by atoms with Crippen LogP contribution in [0.3, 0.4) is 0 Å². The third-order valence-corrected chi connectivity index (χ3v) is 4.95. The summed E-state index contributed by atoms with van der Waals surface area (Å²) in [4.78, 5) is 9.95. The molecule has 0 aliphatic carbocycles. The van der Waals surface area contributed by atoms with Gasteiger partial charge in [-0.1, -0.05) is 46.4 Å². The molecule has 0 fully saturated rings. The highest BCUT2D eigenvalue weighted by Gasteiger charge is 2.22. The molecule has 0 spiro atoms. The smallest absolute Gasteiger partial charge is 0.0644 e. The summed E-state index contributed by atoms with van der Waals surface area (Å²) in [5.74, 6) is 0.517. The molecule has 0 saturated heterocycles. The van der Waals surface area contributed by atoms with Crippen molar-refractivity contribution in [2.45, 2.75) is 34.6 Å². The van der Waals surface area contributed by atoms with Crippen LogP contribution >= 0.6 is 6.26 Å². The molecular formula is C9H21OPS. The van der Waals surface area contributed by atoms with Crippen LogP contribution in [0, 0.1) is 11.3 Å². The van der Waals surface area contributed by atoms with Crippen molar-refractivity contribution in [2.24, 2.45) is 11.3 Å². The quantitative estimate of drug-likeness (QED) is 0.719. The second-order valence-electron chi connectivity index (χ2n) is 5.14. The maximum Gasteiger partial charge on any atom is 0.0644 e. The van der Waals surface area contributed by atoms with Crippen molar-refractivity contribution in [1.82, 2.24) is 0 Å². The van der Waals surface area contributed by atoms with Crippen molar-refractivity contribution in [3.05, 3.63) is 0 Å². The topological polar surface area (TPSA) is 20.2 Å². The van der Waals surface area contributed by atoms with Crippen LogP contribution < -0.4 is 0 Å². The van der Waals surface area contributed by atoms with Crippen LogP contribution in [-0.2, 0) is 11.8 Å². The van der Waals surface area contributed by atoms with Crippen LogP contribution in [0.4, 0.5) is 0 Å². The molecule has 1 N–H and O–H groups in total. The van der Waals surface area contributed by atoms with E-state index in [4.69, 9.17) is 11.8 Å². The fourth-order valence-electron chi connectivity index (χ4n) is 1.38. The van der Waals surface area contributed by atoms with Crippen LogP contribution in [0.1, 0.15) is 34.6 Å². The van der Waals surface area contributed by atoms with Crippen molar-refractivity contribution >= 4 is 18.1 Å². The lowest BCUT2D eigenvalue weighted by Crippen LogP contribution is -2.14. The van der Waals surface area contributed by atoms with Gasteiger partial charge in [0.2, 0.25) is 0 Å². The van der Waals surface area contributed by atoms with E-state index >= 15 is 0 Å². The summed E-state index contributed by atoms with van der Waals surface area (Å²) in [6, 6.07) is 0. The normalized spacial score (nSPS) is 17.9. The van der Waals surface area contributed by atoms with Crippen LogP contribution in [-0.4, -0.2) is 17.2 Å². The van der Waals surface area contributed by atoms with Crippen LogP contribution in [0.2, 0.25) is 0 Å². The van der Waals surface area contributed by atoms with Gasteiger partial charge in [-0.25, -0.2) is 0 Å². The Morgan fingerprint density at radius 3 is 2.00 bits per heavy atom. The first-order valence-electron chi connectivity index (χ1n) is 4.43. The molecule has 1 unspecified atom stereocenters. The lowest BCUT2D eigenvalue weighted by Gasteiger charge is -2.26. The van der Waals surface area contributed by atoms with Gasteiger partial charge in [0.05, 0.1) is 6.26 Å². The summed E-state index contributed by atoms with van der Waals surface area (Å²) < 4.78 is 0. The SMILES string of the molecule is CC(C)CP(O)(=S)CC(C)(C)C. The molecule has 74 valence electrons. The maximum absolute atomic E-state index is 9.95. The van der Waals surface area contributed by atoms with Crippen molar-refractivity contribution in [2.75, 3.05) is 12.3 Å². The molecule has 0 saturated carbocycles.